The number of aryl methyl sites for hydroxylation is 1. The van der Waals surface area contributed by atoms with Crippen molar-refractivity contribution < 1.29 is 4.74 Å². The summed E-state index contributed by atoms with van der Waals surface area (Å²) in [5, 5.41) is 13.6. The lowest BCUT2D eigenvalue weighted by Crippen LogP contribution is -2.19. The number of anilines is 1. The van der Waals surface area contributed by atoms with E-state index in [9.17, 15) is 4.79 Å². The zero-order valence-electron chi connectivity index (χ0n) is 15.5. The van der Waals surface area contributed by atoms with E-state index in [0.717, 1.165) is 48.5 Å². The highest BCUT2D eigenvalue weighted by Crippen LogP contribution is 2.28. The normalized spacial score (nSPS) is 15.5. The number of nitrogen functional groups attached to an aromatic ring is 1. The van der Waals surface area contributed by atoms with Crippen LogP contribution in [-0.4, -0.2) is 37.6 Å². The smallest absolute Gasteiger partial charge is 0.261 e. The Morgan fingerprint density at radius 2 is 1.93 bits per heavy atom. The maximum Gasteiger partial charge on any atom is 0.261 e. The summed E-state index contributed by atoms with van der Waals surface area (Å²) in [4.78, 5) is 12.9. The molecule has 0 amide bonds. The Balaban J connectivity index is 1.73. The Labute approximate surface area is 160 Å². The van der Waals surface area contributed by atoms with E-state index in [4.69, 9.17) is 15.6 Å². The summed E-state index contributed by atoms with van der Waals surface area (Å²) in [6.07, 6.45) is 1.89. The lowest BCUT2D eigenvalue weighted by atomic mass is 9.97. The van der Waals surface area contributed by atoms with Crippen molar-refractivity contribution in [3.8, 4) is 11.3 Å². The molecule has 142 valence electrons. The molecule has 0 aliphatic carbocycles. The van der Waals surface area contributed by atoms with Crippen molar-refractivity contribution in [3.63, 3.8) is 0 Å². The molecule has 1 aliphatic rings. The van der Waals surface area contributed by atoms with Crippen LogP contribution in [0.25, 0.3) is 27.8 Å². The molecule has 0 radical (unpaired) electrons. The Bertz CT molecular complexity index is 1240. The highest BCUT2D eigenvalue weighted by molar-refractivity contribution is 5.85. The first kappa shape index (κ1) is 16.9. The maximum atomic E-state index is 12.9. The Morgan fingerprint density at radius 1 is 1.11 bits per heavy atom. The molecule has 0 atom stereocenters. The lowest BCUT2D eigenvalue weighted by Gasteiger charge is -2.19. The van der Waals surface area contributed by atoms with Gasteiger partial charge in [-0.1, -0.05) is 6.07 Å². The number of nitrogens with zero attached hydrogens (tertiary/aromatic N) is 5. The molecule has 0 spiro atoms. The average molecular weight is 376 g/mol. The SMILES string of the molecule is Cn1c(=O)c2ccc(-c3ccc(N)nn3)cc2n2nc(C3CCOCC3)cc12. The van der Waals surface area contributed by atoms with Gasteiger partial charge in [-0.2, -0.15) is 5.10 Å². The van der Waals surface area contributed by atoms with Crippen LogP contribution in [0.5, 0.6) is 0 Å². The van der Waals surface area contributed by atoms with Crippen LogP contribution in [-0.2, 0) is 11.8 Å². The molecule has 3 aromatic heterocycles. The molecular formula is C20H20N6O2. The van der Waals surface area contributed by atoms with Crippen LogP contribution in [0.2, 0.25) is 0 Å². The van der Waals surface area contributed by atoms with E-state index in [1.807, 2.05) is 34.8 Å². The van der Waals surface area contributed by atoms with Gasteiger partial charge in [0.15, 0.2) is 0 Å². The van der Waals surface area contributed by atoms with Crippen LogP contribution < -0.4 is 11.3 Å². The topological polar surface area (TPSA) is 100 Å². The van der Waals surface area contributed by atoms with Gasteiger partial charge in [-0.3, -0.25) is 9.36 Å². The summed E-state index contributed by atoms with van der Waals surface area (Å²) in [5.41, 5.74) is 9.69. The second-order valence-electron chi connectivity index (χ2n) is 7.17. The molecule has 1 aliphatic heterocycles. The monoisotopic (exact) mass is 376 g/mol. The van der Waals surface area contributed by atoms with Gasteiger partial charge in [0.25, 0.3) is 5.56 Å². The lowest BCUT2D eigenvalue weighted by molar-refractivity contribution is 0.0844. The van der Waals surface area contributed by atoms with Crippen LogP contribution in [0.1, 0.15) is 24.5 Å². The van der Waals surface area contributed by atoms with E-state index < -0.39 is 0 Å². The number of benzene rings is 1. The van der Waals surface area contributed by atoms with Crippen LogP contribution in [0, 0.1) is 0 Å². The summed E-state index contributed by atoms with van der Waals surface area (Å²) in [6, 6.07) is 11.2. The third-order valence-corrected chi connectivity index (χ3v) is 5.43. The molecule has 2 N–H and O–H groups in total. The van der Waals surface area contributed by atoms with Gasteiger partial charge < -0.3 is 10.5 Å². The maximum absolute atomic E-state index is 12.9. The molecule has 8 nitrogen and oxygen atoms in total. The van der Waals surface area contributed by atoms with Crippen molar-refractivity contribution in [1.29, 1.82) is 0 Å². The van der Waals surface area contributed by atoms with Gasteiger partial charge in [0.2, 0.25) is 0 Å². The number of rotatable bonds is 2. The third-order valence-electron chi connectivity index (χ3n) is 5.43. The van der Waals surface area contributed by atoms with Crippen molar-refractivity contribution in [1.82, 2.24) is 24.4 Å². The second-order valence-corrected chi connectivity index (χ2v) is 7.17. The van der Waals surface area contributed by atoms with Crippen molar-refractivity contribution in [2.24, 2.45) is 7.05 Å². The van der Waals surface area contributed by atoms with Crippen molar-refractivity contribution in [2.45, 2.75) is 18.8 Å². The summed E-state index contributed by atoms with van der Waals surface area (Å²) >= 11 is 0. The van der Waals surface area contributed by atoms with Crippen LogP contribution in [0.3, 0.4) is 0 Å². The molecule has 8 heteroatoms. The van der Waals surface area contributed by atoms with E-state index in [1.165, 1.54) is 0 Å². The van der Waals surface area contributed by atoms with E-state index in [0.29, 0.717) is 22.8 Å². The van der Waals surface area contributed by atoms with E-state index in [2.05, 4.69) is 10.2 Å². The van der Waals surface area contributed by atoms with Gasteiger partial charge in [-0.05, 0) is 37.1 Å². The molecule has 5 rings (SSSR count). The summed E-state index contributed by atoms with van der Waals surface area (Å²) in [6.45, 7) is 1.50. The van der Waals surface area contributed by atoms with E-state index in [1.54, 1.807) is 17.7 Å². The fourth-order valence-corrected chi connectivity index (χ4v) is 3.83. The number of aromatic nitrogens is 5. The number of fused-ring (bicyclic) bond motifs is 3. The van der Waals surface area contributed by atoms with Crippen molar-refractivity contribution in [2.75, 3.05) is 18.9 Å². The van der Waals surface area contributed by atoms with E-state index >= 15 is 0 Å². The van der Waals surface area contributed by atoms with Gasteiger partial charge in [-0.15, -0.1) is 10.2 Å². The largest absolute Gasteiger partial charge is 0.382 e. The standard InChI is InChI=1S/C20H20N6O2/c1-25-19-11-16(12-6-8-28-9-7-12)24-26(19)17-10-13(2-3-14(17)20(25)27)15-4-5-18(21)23-22-15/h2-5,10-12H,6-9H2,1H3,(H2,21,23). The van der Waals surface area contributed by atoms with Crippen LogP contribution >= 0.6 is 0 Å². The van der Waals surface area contributed by atoms with Crippen molar-refractivity contribution in [3.05, 3.63) is 52.4 Å². The first-order chi connectivity index (χ1) is 13.6. The molecule has 28 heavy (non-hydrogen) atoms. The number of ether oxygens (including phenoxy) is 1. The molecular weight excluding hydrogens is 356 g/mol. The molecule has 0 saturated carbocycles. The van der Waals surface area contributed by atoms with Gasteiger partial charge >= 0.3 is 0 Å². The molecule has 0 bridgehead atoms. The molecule has 1 aromatic carbocycles. The van der Waals surface area contributed by atoms with Crippen molar-refractivity contribution >= 4 is 22.4 Å². The van der Waals surface area contributed by atoms with Gasteiger partial charge in [0.1, 0.15) is 11.5 Å². The molecule has 4 aromatic rings. The highest BCUT2D eigenvalue weighted by Gasteiger charge is 2.21. The highest BCUT2D eigenvalue weighted by atomic mass is 16.5. The number of nitrogens with two attached hydrogens (primary N) is 1. The number of hydrogen-bond donors (Lipinski definition) is 1. The van der Waals surface area contributed by atoms with Crippen LogP contribution in [0.15, 0.2) is 41.2 Å². The minimum Gasteiger partial charge on any atom is -0.382 e. The number of hydrogen-bond acceptors (Lipinski definition) is 6. The molecule has 1 saturated heterocycles. The predicted octanol–water partition coefficient (Wildman–Crippen LogP) is 2.12. The summed E-state index contributed by atoms with van der Waals surface area (Å²) in [5.74, 6) is 0.721. The average Bonchev–Trinajstić information content (AvgIpc) is 3.19. The van der Waals surface area contributed by atoms with Gasteiger partial charge in [-0.25, -0.2) is 4.52 Å². The Kier molecular flexibility index (Phi) is 3.87. The summed E-state index contributed by atoms with van der Waals surface area (Å²) in [7, 11) is 1.78. The third kappa shape index (κ3) is 2.65. The molecule has 0 unspecified atom stereocenters. The molecule has 1 fully saturated rings. The quantitative estimate of drug-likeness (QED) is 0.575. The first-order valence-corrected chi connectivity index (χ1v) is 9.31. The fraction of sp³-hybridized carbons (Fsp3) is 0.300. The minimum absolute atomic E-state index is 0.0455. The Hall–Kier alpha value is -3.26. The fourth-order valence-electron chi connectivity index (χ4n) is 3.83. The zero-order valence-corrected chi connectivity index (χ0v) is 15.5. The predicted molar refractivity (Wildman–Crippen MR) is 106 cm³/mol. The summed E-state index contributed by atoms with van der Waals surface area (Å²) < 4.78 is 8.98. The minimum atomic E-state index is -0.0455. The van der Waals surface area contributed by atoms with E-state index in [-0.39, 0.29) is 5.56 Å². The van der Waals surface area contributed by atoms with Gasteiger partial charge in [0.05, 0.1) is 22.3 Å². The zero-order chi connectivity index (χ0) is 19.3. The van der Waals surface area contributed by atoms with Gasteiger partial charge in [0, 0.05) is 37.8 Å². The molecule has 4 heterocycles. The Morgan fingerprint density at radius 3 is 2.68 bits per heavy atom. The second kappa shape index (κ2) is 6.42. The first-order valence-electron chi connectivity index (χ1n) is 9.31. The van der Waals surface area contributed by atoms with Crippen LogP contribution in [0.4, 0.5) is 5.82 Å².